The molecule has 1 aromatic carbocycles. The number of rotatable bonds is 4. The monoisotopic (exact) mass is 334 g/mol. The van der Waals surface area contributed by atoms with E-state index in [1.807, 2.05) is 0 Å². The third kappa shape index (κ3) is 2.60. The van der Waals surface area contributed by atoms with E-state index in [0.29, 0.717) is 16.9 Å². The van der Waals surface area contributed by atoms with Crippen LogP contribution in [0.2, 0.25) is 0 Å². The first-order chi connectivity index (χ1) is 11.0. The van der Waals surface area contributed by atoms with Crippen molar-refractivity contribution in [2.24, 2.45) is 4.99 Å². The lowest BCUT2D eigenvalue weighted by Gasteiger charge is -2.47. The molecular weight excluding hydrogens is 320 g/mol. The average Bonchev–Trinajstić information content (AvgIpc) is 2.55. The molecule has 2 heterocycles. The highest BCUT2D eigenvalue weighted by atomic mass is 32.2. The standard InChI is InChI=1S/C15H14N2O5S/c18-6-9-7-23-14-11(13(20)17(14)12(9)15(21)22)16-5-8-3-1-2-4-10(8)19/h1-5,11,14,18-19H,6-7H2,(H,21,22)/t11?,14-/m0/s1. The van der Waals surface area contributed by atoms with Crippen LogP contribution in [0.1, 0.15) is 5.56 Å². The van der Waals surface area contributed by atoms with Gasteiger partial charge in [0.25, 0.3) is 5.91 Å². The van der Waals surface area contributed by atoms with Gasteiger partial charge in [-0.05, 0) is 17.7 Å². The van der Waals surface area contributed by atoms with Crippen molar-refractivity contribution in [1.82, 2.24) is 4.90 Å². The Balaban J connectivity index is 1.83. The molecule has 1 aromatic rings. The number of β-lactam (4-membered cyclic amide) rings is 1. The van der Waals surface area contributed by atoms with Gasteiger partial charge in [0.05, 0.1) is 6.61 Å². The zero-order valence-corrected chi connectivity index (χ0v) is 12.7. The molecule has 0 aromatic heterocycles. The second-order valence-electron chi connectivity index (χ2n) is 5.11. The van der Waals surface area contributed by atoms with E-state index < -0.39 is 29.9 Å². The number of carbonyl (C=O) groups is 2. The number of aromatic hydroxyl groups is 1. The molecular formula is C15H14N2O5S. The Bertz CT molecular complexity index is 730. The average molecular weight is 334 g/mol. The number of fused-ring (bicyclic) bond motifs is 1. The zero-order valence-electron chi connectivity index (χ0n) is 11.9. The van der Waals surface area contributed by atoms with Crippen LogP contribution in [0.3, 0.4) is 0 Å². The van der Waals surface area contributed by atoms with Crippen molar-refractivity contribution >= 4 is 29.9 Å². The molecule has 1 saturated heterocycles. The number of carboxylic acids is 1. The molecule has 1 unspecified atom stereocenters. The molecule has 2 aliphatic rings. The van der Waals surface area contributed by atoms with Crippen molar-refractivity contribution in [3.63, 3.8) is 0 Å². The molecule has 0 aliphatic carbocycles. The Labute approximate surface area is 135 Å². The van der Waals surface area contributed by atoms with Gasteiger partial charge in [0.2, 0.25) is 0 Å². The van der Waals surface area contributed by atoms with Gasteiger partial charge in [0, 0.05) is 17.5 Å². The largest absolute Gasteiger partial charge is 0.507 e. The summed E-state index contributed by atoms with van der Waals surface area (Å²) < 4.78 is 0. The van der Waals surface area contributed by atoms with E-state index in [4.69, 9.17) is 0 Å². The molecule has 0 bridgehead atoms. The fourth-order valence-electron chi connectivity index (χ4n) is 2.55. The minimum atomic E-state index is -1.23. The maximum atomic E-state index is 12.2. The summed E-state index contributed by atoms with van der Waals surface area (Å²) in [5.74, 6) is -1.24. The van der Waals surface area contributed by atoms with Gasteiger partial charge in [0.15, 0.2) is 6.04 Å². The molecule has 3 N–H and O–H groups in total. The first-order valence-electron chi connectivity index (χ1n) is 6.86. The molecule has 3 rings (SSSR count). The van der Waals surface area contributed by atoms with Gasteiger partial charge in [-0.15, -0.1) is 11.8 Å². The van der Waals surface area contributed by atoms with Crippen LogP contribution in [-0.2, 0) is 9.59 Å². The number of aliphatic imine (C=N–C) groups is 1. The highest BCUT2D eigenvalue weighted by Gasteiger charge is 2.53. The lowest BCUT2D eigenvalue weighted by Crippen LogP contribution is -2.64. The van der Waals surface area contributed by atoms with E-state index in [1.54, 1.807) is 18.2 Å². The predicted octanol–water partition coefficient (Wildman–Crippen LogP) is 0.426. The van der Waals surface area contributed by atoms with Gasteiger partial charge in [-0.3, -0.25) is 14.7 Å². The first-order valence-corrected chi connectivity index (χ1v) is 7.91. The molecule has 1 fully saturated rings. The van der Waals surface area contributed by atoms with Crippen LogP contribution < -0.4 is 0 Å². The molecule has 0 spiro atoms. The third-order valence-electron chi connectivity index (χ3n) is 3.72. The number of phenols is 1. The molecule has 0 saturated carbocycles. The number of para-hydroxylation sites is 1. The summed E-state index contributed by atoms with van der Waals surface area (Å²) in [6.07, 6.45) is 1.42. The number of amides is 1. The lowest BCUT2D eigenvalue weighted by atomic mass is 10.0. The van der Waals surface area contributed by atoms with Crippen molar-refractivity contribution < 1.29 is 24.9 Å². The SMILES string of the molecule is O=C(O)C1=C(CO)CS[C@H]2C(N=Cc3ccccc3O)C(=O)N12. The Morgan fingerprint density at radius 2 is 2.17 bits per heavy atom. The first kappa shape index (κ1) is 15.6. The van der Waals surface area contributed by atoms with E-state index in [0.717, 1.165) is 0 Å². The quantitative estimate of drug-likeness (QED) is 0.544. The topological polar surface area (TPSA) is 110 Å². The smallest absolute Gasteiger partial charge is 0.352 e. The van der Waals surface area contributed by atoms with Crippen molar-refractivity contribution in [2.75, 3.05) is 12.4 Å². The summed E-state index contributed by atoms with van der Waals surface area (Å²) in [5, 5.41) is 27.8. The van der Waals surface area contributed by atoms with E-state index in [2.05, 4.69) is 4.99 Å². The van der Waals surface area contributed by atoms with E-state index in [-0.39, 0.29) is 11.4 Å². The number of aliphatic hydroxyl groups is 1. The van der Waals surface area contributed by atoms with Crippen LogP contribution in [0, 0.1) is 0 Å². The number of benzene rings is 1. The fraction of sp³-hybridized carbons (Fsp3) is 0.267. The van der Waals surface area contributed by atoms with Crippen LogP contribution in [0.5, 0.6) is 5.75 Å². The van der Waals surface area contributed by atoms with Crippen LogP contribution in [-0.4, -0.2) is 62.1 Å². The summed E-state index contributed by atoms with van der Waals surface area (Å²) in [6, 6.07) is 5.92. The Kier molecular flexibility index (Phi) is 4.10. The molecule has 1 amide bonds. The molecule has 8 heteroatoms. The van der Waals surface area contributed by atoms with Crippen LogP contribution in [0.15, 0.2) is 40.5 Å². The lowest BCUT2D eigenvalue weighted by molar-refractivity contribution is -0.147. The molecule has 2 aliphatic heterocycles. The van der Waals surface area contributed by atoms with Gasteiger partial charge in [0.1, 0.15) is 16.8 Å². The summed E-state index contributed by atoms with van der Waals surface area (Å²) in [6.45, 7) is -0.392. The predicted molar refractivity (Wildman–Crippen MR) is 84.3 cm³/mol. The van der Waals surface area contributed by atoms with Gasteiger partial charge < -0.3 is 15.3 Å². The molecule has 120 valence electrons. The second kappa shape index (κ2) is 6.05. The number of aliphatic carboxylic acids is 1. The van der Waals surface area contributed by atoms with Crippen molar-refractivity contribution in [1.29, 1.82) is 0 Å². The van der Waals surface area contributed by atoms with E-state index in [9.17, 15) is 24.9 Å². The van der Waals surface area contributed by atoms with Crippen molar-refractivity contribution in [2.45, 2.75) is 11.4 Å². The van der Waals surface area contributed by atoms with Gasteiger partial charge in [-0.1, -0.05) is 12.1 Å². The van der Waals surface area contributed by atoms with Crippen LogP contribution in [0.25, 0.3) is 0 Å². The number of aliphatic hydroxyl groups excluding tert-OH is 1. The number of phenolic OH excluding ortho intramolecular Hbond substituents is 1. The maximum absolute atomic E-state index is 12.2. The summed E-state index contributed by atoms with van der Waals surface area (Å²) >= 11 is 1.37. The Morgan fingerprint density at radius 1 is 1.43 bits per heavy atom. The number of thioether (sulfide) groups is 1. The number of hydrogen-bond acceptors (Lipinski definition) is 6. The minimum absolute atomic E-state index is 0.0601. The zero-order chi connectivity index (χ0) is 16.6. The summed E-state index contributed by atoms with van der Waals surface area (Å²) in [4.78, 5) is 29.0. The number of carboxylic acid groups (broad SMARTS) is 1. The summed E-state index contributed by atoms with van der Waals surface area (Å²) in [5.41, 5.74) is 0.676. The van der Waals surface area contributed by atoms with Crippen LogP contribution in [0.4, 0.5) is 0 Å². The minimum Gasteiger partial charge on any atom is -0.507 e. The molecule has 0 radical (unpaired) electrons. The third-order valence-corrected chi connectivity index (χ3v) is 5.05. The molecule has 2 atom stereocenters. The van der Waals surface area contributed by atoms with E-state index >= 15 is 0 Å². The Morgan fingerprint density at radius 3 is 2.83 bits per heavy atom. The van der Waals surface area contributed by atoms with Gasteiger partial charge >= 0.3 is 5.97 Å². The molecule has 23 heavy (non-hydrogen) atoms. The van der Waals surface area contributed by atoms with Crippen molar-refractivity contribution in [3.05, 3.63) is 41.1 Å². The Hall–Kier alpha value is -2.32. The highest BCUT2D eigenvalue weighted by molar-refractivity contribution is 8.00. The number of hydrogen-bond donors (Lipinski definition) is 3. The van der Waals surface area contributed by atoms with Crippen LogP contribution >= 0.6 is 11.8 Å². The van der Waals surface area contributed by atoms with Gasteiger partial charge in [-0.25, -0.2) is 4.79 Å². The van der Waals surface area contributed by atoms with E-state index in [1.165, 1.54) is 28.9 Å². The summed E-state index contributed by atoms with van der Waals surface area (Å²) in [7, 11) is 0. The van der Waals surface area contributed by atoms with Gasteiger partial charge in [-0.2, -0.15) is 0 Å². The maximum Gasteiger partial charge on any atom is 0.352 e. The molecule has 7 nitrogen and oxygen atoms in total. The highest BCUT2D eigenvalue weighted by Crippen LogP contribution is 2.41. The second-order valence-corrected chi connectivity index (χ2v) is 6.21. The van der Waals surface area contributed by atoms with Crippen molar-refractivity contribution in [3.8, 4) is 5.75 Å². The number of nitrogens with zero attached hydrogens (tertiary/aromatic N) is 2. The number of carbonyl (C=O) groups excluding carboxylic acids is 1. The normalized spacial score (nSPS) is 23.9. The fourth-order valence-corrected chi connectivity index (χ4v) is 3.87.